The number of anilines is 1. The Morgan fingerprint density at radius 3 is 2.72 bits per heavy atom. The fraction of sp³-hybridized carbons (Fsp3) is 0.400. The zero-order chi connectivity index (χ0) is 13.8. The summed E-state index contributed by atoms with van der Waals surface area (Å²) in [5.74, 6) is -0.406. The maximum atomic E-state index is 11.8. The lowest BCUT2D eigenvalue weighted by Gasteiger charge is -2.10. The standard InChI is InChI=1S/C10H16N4O3S/c1-7(2)14-10(15)6-13-18(16,17)9-5-12-4-3-8(9)11/h3-5,7,13H,6H2,1-2H3,(H2,11,12)(H,14,15). The van der Waals surface area contributed by atoms with Gasteiger partial charge in [0.2, 0.25) is 15.9 Å². The molecule has 4 N–H and O–H groups in total. The van der Waals surface area contributed by atoms with Crippen LogP contribution in [0.1, 0.15) is 13.8 Å². The van der Waals surface area contributed by atoms with Gasteiger partial charge < -0.3 is 11.1 Å². The Balaban J connectivity index is 2.72. The van der Waals surface area contributed by atoms with E-state index in [-0.39, 0.29) is 23.2 Å². The molecule has 0 unspecified atom stereocenters. The molecule has 0 fully saturated rings. The molecule has 1 aromatic rings. The number of hydrogen-bond donors (Lipinski definition) is 3. The predicted molar refractivity (Wildman–Crippen MR) is 67.1 cm³/mol. The van der Waals surface area contributed by atoms with Gasteiger partial charge >= 0.3 is 0 Å². The van der Waals surface area contributed by atoms with Crippen LogP contribution in [-0.2, 0) is 14.8 Å². The highest BCUT2D eigenvalue weighted by molar-refractivity contribution is 7.89. The van der Waals surface area contributed by atoms with Crippen molar-refractivity contribution >= 4 is 21.6 Å². The molecule has 0 aliphatic rings. The van der Waals surface area contributed by atoms with Crippen LogP contribution in [0.25, 0.3) is 0 Å². The molecular weight excluding hydrogens is 256 g/mol. The minimum absolute atomic E-state index is 0.0505. The molecule has 0 radical (unpaired) electrons. The molecule has 1 amide bonds. The first-order chi connectivity index (χ1) is 8.33. The summed E-state index contributed by atoms with van der Waals surface area (Å²) in [5.41, 5.74) is 5.62. The second-order valence-corrected chi connectivity index (χ2v) is 5.70. The molecule has 1 aromatic heterocycles. The van der Waals surface area contributed by atoms with Gasteiger partial charge in [-0.3, -0.25) is 9.78 Å². The number of carbonyl (C=O) groups is 1. The SMILES string of the molecule is CC(C)NC(=O)CNS(=O)(=O)c1cnccc1N. The molecule has 0 bridgehead atoms. The van der Waals surface area contributed by atoms with Gasteiger partial charge in [-0.15, -0.1) is 0 Å². The normalized spacial score (nSPS) is 11.5. The van der Waals surface area contributed by atoms with Gasteiger partial charge in [-0.1, -0.05) is 0 Å². The maximum absolute atomic E-state index is 11.8. The van der Waals surface area contributed by atoms with Gasteiger partial charge in [-0.25, -0.2) is 13.1 Å². The molecule has 18 heavy (non-hydrogen) atoms. The highest BCUT2D eigenvalue weighted by atomic mass is 32.2. The van der Waals surface area contributed by atoms with Crippen molar-refractivity contribution in [2.75, 3.05) is 12.3 Å². The number of rotatable bonds is 5. The highest BCUT2D eigenvalue weighted by Crippen LogP contribution is 2.14. The largest absolute Gasteiger partial charge is 0.398 e. The van der Waals surface area contributed by atoms with E-state index < -0.39 is 15.9 Å². The average Bonchev–Trinajstić information content (AvgIpc) is 2.26. The number of nitrogens with one attached hydrogen (secondary N) is 2. The summed E-state index contributed by atoms with van der Waals surface area (Å²) >= 11 is 0. The number of nitrogens with two attached hydrogens (primary N) is 1. The minimum atomic E-state index is -3.82. The summed E-state index contributed by atoms with van der Waals surface area (Å²) in [6, 6.07) is 1.33. The molecule has 0 saturated carbocycles. The van der Waals surface area contributed by atoms with Crippen molar-refractivity contribution in [3.63, 3.8) is 0 Å². The van der Waals surface area contributed by atoms with E-state index in [9.17, 15) is 13.2 Å². The molecule has 1 rings (SSSR count). The Morgan fingerprint density at radius 1 is 1.50 bits per heavy atom. The van der Waals surface area contributed by atoms with E-state index >= 15 is 0 Å². The molecule has 100 valence electrons. The lowest BCUT2D eigenvalue weighted by molar-refractivity contribution is -0.120. The second-order valence-electron chi connectivity index (χ2n) is 3.96. The summed E-state index contributed by atoms with van der Waals surface area (Å²) in [5, 5.41) is 2.57. The van der Waals surface area contributed by atoms with Crippen molar-refractivity contribution in [3.05, 3.63) is 18.5 Å². The van der Waals surface area contributed by atoms with Gasteiger partial charge in [-0.2, -0.15) is 0 Å². The molecule has 0 aromatic carbocycles. The van der Waals surface area contributed by atoms with Gasteiger partial charge in [0.05, 0.1) is 12.2 Å². The van der Waals surface area contributed by atoms with Crippen LogP contribution in [0.4, 0.5) is 5.69 Å². The van der Waals surface area contributed by atoms with Crippen LogP contribution in [0.3, 0.4) is 0 Å². The summed E-state index contributed by atoms with van der Waals surface area (Å²) in [6.07, 6.45) is 2.53. The lowest BCUT2D eigenvalue weighted by Crippen LogP contribution is -2.39. The molecule has 0 atom stereocenters. The highest BCUT2D eigenvalue weighted by Gasteiger charge is 2.18. The van der Waals surface area contributed by atoms with Gasteiger partial charge in [0.1, 0.15) is 4.90 Å². The van der Waals surface area contributed by atoms with Crippen molar-refractivity contribution in [2.24, 2.45) is 0 Å². The Bertz CT molecular complexity index is 528. The van der Waals surface area contributed by atoms with Crippen molar-refractivity contribution < 1.29 is 13.2 Å². The topological polar surface area (TPSA) is 114 Å². The Hall–Kier alpha value is -1.67. The number of pyridine rings is 1. The summed E-state index contributed by atoms with van der Waals surface area (Å²) in [4.78, 5) is 14.9. The number of hydrogen-bond acceptors (Lipinski definition) is 5. The number of nitrogens with zero attached hydrogens (tertiary/aromatic N) is 1. The first-order valence-corrected chi connectivity index (χ1v) is 6.80. The van der Waals surface area contributed by atoms with Gasteiger partial charge in [0.25, 0.3) is 0 Å². The van der Waals surface area contributed by atoms with E-state index in [4.69, 9.17) is 5.73 Å². The first kappa shape index (κ1) is 14.4. The van der Waals surface area contributed by atoms with E-state index in [0.717, 1.165) is 6.20 Å². The monoisotopic (exact) mass is 272 g/mol. The van der Waals surface area contributed by atoms with Crippen molar-refractivity contribution in [2.45, 2.75) is 24.8 Å². The fourth-order valence-electron chi connectivity index (χ4n) is 1.23. The molecular formula is C10H16N4O3S. The Labute approximate surface area is 106 Å². The smallest absolute Gasteiger partial charge is 0.244 e. The molecule has 7 nitrogen and oxygen atoms in total. The number of sulfonamides is 1. The van der Waals surface area contributed by atoms with E-state index in [1.807, 2.05) is 0 Å². The van der Waals surface area contributed by atoms with Crippen molar-refractivity contribution in [1.82, 2.24) is 15.0 Å². The van der Waals surface area contributed by atoms with Crippen LogP contribution in [0.5, 0.6) is 0 Å². The third-order valence-electron chi connectivity index (χ3n) is 1.98. The van der Waals surface area contributed by atoms with E-state index in [2.05, 4.69) is 15.0 Å². The number of nitrogen functional groups attached to an aromatic ring is 1. The van der Waals surface area contributed by atoms with Gasteiger partial charge in [0.15, 0.2) is 0 Å². The second kappa shape index (κ2) is 5.78. The molecule has 0 aliphatic heterocycles. The molecule has 0 spiro atoms. The maximum Gasteiger partial charge on any atom is 0.244 e. The Morgan fingerprint density at radius 2 is 2.17 bits per heavy atom. The summed E-state index contributed by atoms with van der Waals surface area (Å²) in [7, 11) is -3.82. The predicted octanol–water partition coefficient (Wildman–Crippen LogP) is -0.533. The van der Waals surface area contributed by atoms with Crippen LogP contribution in [-0.4, -0.2) is 31.9 Å². The number of carbonyl (C=O) groups excluding carboxylic acids is 1. The third-order valence-corrected chi connectivity index (χ3v) is 3.42. The van der Waals surface area contributed by atoms with Gasteiger partial charge in [0, 0.05) is 18.4 Å². The van der Waals surface area contributed by atoms with Crippen LogP contribution in [0, 0.1) is 0 Å². The van der Waals surface area contributed by atoms with E-state index in [1.54, 1.807) is 13.8 Å². The van der Waals surface area contributed by atoms with Gasteiger partial charge in [-0.05, 0) is 19.9 Å². The zero-order valence-electron chi connectivity index (χ0n) is 10.2. The lowest BCUT2D eigenvalue weighted by atomic mass is 10.4. The summed E-state index contributed by atoms with van der Waals surface area (Å²) in [6.45, 7) is 3.23. The summed E-state index contributed by atoms with van der Waals surface area (Å²) < 4.78 is 25.8. The molecule has 8 heteroatoms. The quantitative estimate of drug-likeness (QED) is 0.666. The number of aromatic nitrogens is 1. The Kier molecular flexibility index (Phi) is 4.62. The zero-order valence-corrected chi connectivity index (χ0v) is 11.0. The minimum Gasteiger partial charge on any atom is -0.398 e. The molecule has 1 heterocycles. The van der Waals surface area contributed by atoms with E-state index in [1.165, 1.54) is 12.3 Å². The third kappa shape index (κ3) is 3.97. The van der Waals surface area contributed by atoms with Crippen LogP contribution in [0.2, 0.25) is 0 Å². The van der Waals surface area contributed by atoms with Crippen LogP contribution < -0.4 is 15.8 Å². The van der Waals surface area contributed by atoms with Crippen LogP contribution >= 0.6 is 0 Å². The van der Waals surface area contributed by atoms with Crippen molar-refractivity contribution in [1.29, 1.82) is 0 Å². The van der Waals surface area contributed by atoms with Crippen LogP contribution in [0.15, 0.2) is 23.4 Å². The first-order valence-electron chi connectivity index (χ1n) is 5.31. The van der Waals surface area contributed by atoms with Crippen molar-refractivity contribution in [3.8, 4) is 0 Å². The fourth-order valence-corrected chi connectivity index (χ4v) is 2.28. The number of amides is 1. The van der Waals surface area contributed by atoms with E-state index in [0.29, 0.717) is 0 Å². The average molecular weight is 272 g/mol. The molecule has 0 saturated heterocycles. The molecule has 0 aliphatic carbocycles.